The molecule has 3 fully saturated rings. The molecule has 4 aliphatic rings. The average molecular weight is 362 g/mol. The normalized spacial score (nSPS) is 36.7. The highest BCUT2D eigenvalue weighted by Gasteiger charge is 2.41. The van der Waals surface area contributed by atoms with Gasteiger partial charge in [-0.15, -0.1) is 0 Å². The van der Waals surface area contributed by atoms with Gasteiger partial charge >= 0.3 is 11.9 Å². The molecule has 4 rings (SSSR count). The van der Waals surface area contributed by atoms with Gasteiger partial charge in [-0.3, -0.25) is 9.69 Å². The predicted molar refractivity (Wildman–Crippen MR) is 96.5 cm³/mol. The molecule has 144 valence electrons. The average Bonchev–Trinajstić information content (AvgIpc) is 2.98. The minimum Gasteiger partial charge on any atom is -0.462 e. The van der Waals surface area contributed by atoms with Gasteiger partial charge in [-0.25, -0.2) is 4.79 Å². The van der Waals surface area contributed by atoms with E-state index < -0.39 is 0 Å². The van der Waals surface area contributed by atoms with E-state index in [0.29, 0.717) is 24.2 Å². The van der Waals surface area contributed by atoms with Crippen LogP contribution >= 0.6 is 0 Å². The van der Waals surface area contributed by atoms with E-state index in [4.69, 9.17) is 9.47 Å². The number of hydrogen-bond acceptors (Lipinski definition) is 6. The third-order valence-corrected chi connectivity index (χ3v) is 7.00. The van der Waals surface area contributed by atoms with Crippen LogP contribution in [0.5, 0.6) is 0 Å². The molecule has 0 aromatic carbocycles. The zero-order valence-corrected chi connectivity index (χ0v) is 15.9. The van der Waals surface area contributed by atoms with Gasteiger partial charge in [-0.2, -0.15) is 0 Å². The lowest BCUT2D eigenvalue weighted by Crippen LogP contribution is -2.42. The van der Waals surface area contributed by atoms with E-state index in [-0.39, 0.29) is 31.1 Å². The summed E-state index contributed by atoms with van der Waals surface area (Å²) in [6.45, 7) is 0.304. The van der Waals surface area contributed by atoms with Crippen LogP contribution in [0.1, 0.15) is 44.9 Å². The molecule has 6 nitrogen and oxygen atoms in total. The first-order valence-electron chi connectivity index (χ1n) is 10.0. The number of ether oxygens (including phenoxy) is 2. The molecule has 1 unspecified atom stereocenters. The van der Waals surface area contributed by atoms with Crippen molar-refractivity contribution in [3.05, 3.63) is 11.6 Å². The molecule has 0 N–H and O–H groups in total. The Morgan fingerprint density at radius 3 is 2.31 bits per heavy atom. The van der Waals surface area contributed by atoms with Gasteiger partial charge in [0, 0.05) is 29.7 Å². The van der Waals surface area contributed by atoms with E-state index in [1.54, 1.807) is 0 Å². The zero-order valence-electron chi connectivity index (χ0n) is 15.9. The summed E-state index contributed by atoms with van der Waals surface area (Å²) in [5.74, 6) is -0.363. The van der Waals surface area contributed by atoms with Gasteiger partial charge in [0.05, 0.1) is 5.92 Å². The van der Waals surface area contributed by atoms with Crippen LogP contribution in [0.15, 0.2) is 11.6 Å². The van der Waals surface area contributed by atoms with Gasteiger partial charge in [-0.05, 0) is 59.0 Å². The van der Waals surface area contributed by atoms with Gasteiger partial charge in [0.15, 0.2) is 0 Å². The summed E-state index contributed by atoms with van der Waals surface area (Å²) in [5.41, 5.74) is 0.786. The largest absolute Gasteiger partial charge is 0.462 e. The fourth-order valence-electron chi connectivity index (χ4n) is 5.28. The SMILES string of the molecule is CN1[C@@H]2CC[C@H]1CC(C(=O)OCCOC(=O)C1=C[C@@H]3CC[C@H](C1)N3C)C2. The number of carbonyl (C=O) groups is 2. The molecule has 0 saturated carbocycles. The monoisotopic (exact) mass is 362 g/mol. The Morgan fingerprint density at radius 2 is 1.62 bits per heavy atom. The lowest BCUT2D eigenvalue weighted by molar-refractivity contribution is -0.155. The Balaban J connectivity index is 1.18. The predicted octanol–water partition coefficient (Wildman–Crippen LogP) is 1.74. The Bertz CT molecular complexity index is 591. The van der Waals surface area contributed by atoms with Crippen molar-refractivity contribution in [2.75, 3.05) is 27.3 Å². The minimum atomic E-state index is -0.247. The van der Waals surface area contributed by atoms with E-state index in [1.807, 2.05) is 6.08 Å². The zero-order chi connectivity index (χ0) is 18.3. The number of piperidine rings is 1. The number of rotatable bonds is 5. The first-order valence-corrected chi connectivity index (χ1v) is 10.0. The maximum Gasteiger partial charge on any atom is 0.333 e. The van der Waals surface area contributed by atoms with Gasteiger partial charge in [0.1, 0.15) is 13.2 Å². The van der Waals surface area contributed by atoms with Gasteiger partial charge in [0.2, 0.25) is 0 Å². The highest BCUT2D eigenvalue weighted by atomic mass is 16.6. The second-order valence-corrected chi connectivity index (χ2v) is 8.38. The lowest BCUT2D eigenvalue weighted by atomic mass is 9.91. The summed E-state index contributed by atoms with van der Waals surface area (Å²) >= 11 is 0. The van der Waals surface area contributed by atoms with Gasteiger partial charge in [-0.1, -0.05) is 6.08 Å². The second-order valence-electron chi connectivity index (χ2n) is 8.38. The van der Waals surface area contributed by atoms with Crippen LogP contribution in [0.2, 0.25) is 0 Å². The number of hydrogen-bond donors (Lipinski definition) is 0. The number of nitrogens with zero attached hydrogens (tertiary/aromatic N) is 2. The van der Waals surface area contributed by atoms with Crippen LogP contribution in [0.4, 0.5) is 0 Å². The molecule has 0 aliphatic carbocycles. The van der Waals surface area contributed by atoms with Gasteiger partial charge < -0.3 is 14.4 Å². The summed E-state index contributed by atoms with van der Waals surface area (Å²) < 4.78 is 10.7. The molecule has 3 saturated heterocycles. The van der Waals surface area contributed by atoms with E-state index >= 15 is 0 Å². The fraction of sp³-hybridized carbons (Fsp3) is 0.800. The maximum atomic E-state index is 12.3. The molecule has 0 aromatic rings. The number of esters is 2. The Kier molecular flexibility index (Phi) is 5.06. The van der Waals surface area contributed by atoms with Crippen LogP contribution in [-0.2, 0) is 19.1 Å². The molecule has 0 aromatic heterocycles. The van der Waals surface area contributed by atoms with Crippen LogP contribution in [0, 0.1) is 5.92 Å². The second kappa shape index (κ2) is 7.31. The van der Waals surface area contributed by atoms with Crippen LogP contribution in [0.25, 0.3) is 0 Å². The van der Waals surface area contributed by atoms with Crippen LogP contribution < -0.4 is 0 Å². The number of likely N-dealkylation sites (N-methyl/N-ethyl adjacent to an activating group) is 1. The van der Waals surface area contributed by atoms with E-state index in [2.05, 4.69) is 23.9 Å². The highest BCUT2D eigenvalue weighted by Crippen LogP contribution is 2.38. The van der Waals surface area contributed by atoms with E-state index in [0.717, 1.165) is 37.7 Å². The molecule has 4 heterocycles. The van der Waals surface area contributed by atoms with Crippen molar-refractivity contribution in [3.63, 3.8) is 0 Å². The van der Waals surface area contributed by atoms with Crippen molar-refractivity contribution in [2.24, 2.45) is 5.92 Å². The number of fused-ring (bicyclic) bond motifs is 4. The van der Waals surface area contributed by atoms with Gasteiger partial charge in [0.25, 0.3) is 0 Å². The van der Waals surface area contributed by atoms with Crippen molar-refractivity contribution in [1.29, 1.82) is 0 Å². The smallest absolute Gasteiger partial charge is 0.333 e. The summed E-state index contributed by atoms with van der Waals surface area (Å²) in [6, 6.07) is 1.88. The first-order chi connectivity index (χ1) is 12.5. The summed E-state index contributed by atoms with van der Waals surface area (Å²) in [4.78, 5) is 29.3. The summed E-state index contributed by atoms with van der Waals surface area (Å²) in [6.07, 6.45) is 9.25. The fourth-order valence-corrected chi connectivity index (χ4v) is 5.28. The summed E-state index contributed by atoms with van der Waals surface area (Å²) in [7, 11) is 4.28. The lowest BCUT2D eigenvalue weighted by Gasteiger charge is -2.35. The Morgan fingerprint density at radius 1 is 0.962 bits per heavy atom. The molecule has 4 aliphatic heterocycles. The van der Waals surface area contributed by atoms with Crippen LogP contribution in [-0.4, -0.2) is 73.2 Å². The molecule has 4 bridgehead atoms. The van der Waals surface area contributed by atoms with E-state index in [9.17, 15) is 9.59 Å². The first kappa shape index (κ1) is 18.0. The van der Waals surface area contributed by atoms with Crippen LogP contribution in [0.3, 0.4) is 0 Å². The van der Waals surface area contributed by atoms with Crippen molar-refractivity contribution in [1.82, 2.24) is 9.80 Å². The molecule has 0 radical (unpaired) electrons. The maximum absolute atomic E-state index is 12.3. The minimum absolute atomic E-state index is 0.00613. The summed E-state index contributed by atoms with van der Waals surface area (Å²) in [5, 5.41) is 0. The molecule has 6 heteroatoms. The Hall–Kier alpha value is -1.40. The molecular weight excluding hydrogens is 332 g/mol. The quantitative estimate of drug-likeness (QED) is 0.548. The third kappa shape index (κ3) is 3.41. The van der Waals surface area contributed by atoms with Crippen molar-refractivity contribution in [3.8, 4) is 0 Å². The standard InChI is InChI=1S/C20H30N2O4/c1-21-15-3-4-16(21)10-13(9-15)19(23)25-7-8-26-20(24)14-11-17-5-6-18(12-14)22(17)2/h9,14-18H,3-8,10-12H2,1-2H3/t14?,15-,16+,17-,18+/m0/s1. The van der Waals surface area contributed by atoms with Crippen molar-refractivity contribution in [2.45, 2.75) is 69.1 Å². The molecular formula is C20H30N2O4. The number of carbonyl (C=O) groups excluding carboxylic acids is 2. The molecule has 0 spiro atoms. The molecule has 26 heavy (non-hydrogen) atoms. The molecule has 5 atom stereocenters. The highest BCUT2D eigenvalue weighted by molar-refractivity contribution is 5.89. The van der Waals surface area contributed by atoms with E-state index in [1.165, 1.54) is 12.8 Å². The van der Waals surface area contributed by atoms with Crippen molar-refractivity contribution < 1.29 is 19.1 Å². The molecule has 0 amide bonds. The Labute approximate surface area is 155 Å². The topological polar surface area (TPSA) is 59.1 Å². The third-order valence-electron chi connectivity index (χ3n) is 7.00. The van der Waals surface area contributed by atoms with Crippen molar-refractivity contribution >= 4 is 11.9 Å².